The molecule has 1 aliphatic rings. The second kappa shape index (κ2) is 6.06. The minimum atomic E-state index is 0.0391. The second-order valence-corrected chi connectivity index (χ2v) is 5.38. The zero-order valence-electron chi connectivity index (χ0n) is 11.7. The first-order chi connectivity index (χ1) is 9.11. The van der Waals surface area contributed by atoms with Crippen LogP contribution in [0.4, 0.5) is 5.69 Å². The fourth-order valence-electron chi connectivity index (χ4n) is 2.27. The number of nitrogens with zero attached hydrogens (tertiary/aromatic N) is 1. The van der Waals surface area contributed by atoms with Crippen LogP contribution < -0.4 is 15.4 Å². The number of anilines is 1. The molecular formula is C15H22N2O2. The Hall–Kier alpha value is -1.55. The highest BCUT2D eigenvalue weighted by Gasteiger charge is 2.26. The van der Waals surface area contributed by atoms with Crippen LogP contribution in [0.15, 0.2) is 18.2 Å². The average Bonchev–Trinajstić information content (AvgIpc) is 2.39. The molecule has 1 aromatic carbocycles. The van der Waals surface area contributed by atoms with Crippen molar-refractivity contribution in [1.29, 1.82) is 0 Å². The number of nitrogens with two attached hydrogens (primary N) is 1. The van der Waals surface area contributed by atoms with Gasteiger partial charge in [-0.25, -0.2) is 0 Å². The summed E-state index contributed by atoms with van der Waals surface area (Å²) in [7, 11) is 0. The lowest BCUT2D eigenvalue weighted by Gasteiger charge is -2.31. The van der Waals surface area contributed by atoms with E-state index in [-0.39, 0.29) is 12.5 Å². The molecule has 104 valence electrons. The number of hydrogen-bond donors (Lipinski definition) is 1. The third-order valence-electron chi connectivity index (χ3n) is 3.18. The number of ether oxygens (including phenoxy) is 1. The first-order valence-electron chi connectivity index (χ1n) is 6.88. The third kappa shape index (κ3) is 3.26. The Bertz CT molecular complexity index is 457. The van der Waals surface area contributed by atoms with Crippen LogP contribution in [0, 0.1) is 5.92 Å². The molecule has 0 spiro atoms. The molecule has 2 rings (SSSR count). The highest BCUT2D eigenvalue weighted by atomic mass is 16.5. The van der Waals surface area contributed by atoms with Gasteiger partial charge in [0, 0.05) is 6.54 Å². The van der Waals surface area contributed by atoms with Crippen molar-refractivity contribution >= 4 is 11.6 Å². The minimum absolute atomic E-state index is 0.0391. The molecule has 0 saturated heterocycles. The predicted octanol–water partition coefficient (Wildman–Crippen LogP) is 1.96. The number of carbonyl (C=O) groups is 1. The average molecular weight is 262 g/mol. The summed E-state index contributed by atoms with van der Waals surface area (Å²) < 4.78 is 5.49. The molecular weight excluding hydrogens is 240 g/mol. The Balaban J connectivity index is 2.27. The van der Waals surface area contributed by atoms with Gasteiger partial charge in [-0.15, -0.1) is 0 Å². The lowest BCUT2D eigenvalue weighted by molar-refractivity contribution is -0.121. The fourth-order valence-corrected chi connectivity index (χ4v) is 2.27. The number of rotatable bonds is 5. The molecule has 0 bridgehead atoms. The van der Waals surface area contributed by atoms with E-state index in [0.717, 1.165) is 30.8 Å². The van der Waals surface area contributed by atoms with Crippen molar-refractivity contribution in [2.75, 3.05) is 24.6 Å². The summed E-state index contributed by atoms with van der Waals surface area (Å²) in [5.41, 5.74) is 7.65. The van der Waals surface area contributed by atoms with Gasteiger partial charge in [-0.2, -0.15) is 0 Å². The molecule has 0 unspecified atom stereocenters. The van der Waals surface area contributed by atoms with Crippen molar-refractivity contribution in [1.82, 2.24) is 0 Å². The first-order valence-corrected chi connectivity index (χ1v) is 6.88. The molecule has 1 amide bonds. The van der Waals surface area contributed by atoms with Crippen LogP contribution in [0.5, 0.6) is 5.75 Å². The molecule has 4 nitrogen and oxygen atoms in total. The Labute approximate surface area is 114 Å². The van der Waals surface area contributed by atoms with Crippen molar-refractivity contribution in [3.05, 3.63) is 23.8 Å². The number of fused-ring (bicyclic) bond motifs is 1. The third-order valence-corrected chi connectivity index (χ3v) is 3.18. The van der Waals surface area contributed by atoms with E-state index in [1.807, 2.05) is 11.0 Å². The number of aryl methyl sites for hydroxylation is 1. The summed E-state index contributed by atoms with van der Waals surface area (Å²) >= 11 is 0. The summed E-state index contributed by atoms with van der Waals surface area (Å²) in [4.78, 5) is 13.8. The SMILES string of the molecule is CC(C)CN1C(=O)COc2ccc(CCCN)cc21. The Kier molecular flexibility index (Phi) is 4.43. The zero-order chi connectivity index (χ0) is 13.8. The van der Waals surface area contributed by atoms with E-state index in [1.165, 1.54) is 5.56 Å². The van der Waals surface area contributed by atoms with Crippen molar-refractivity contribution in [3.8, 4) is 5.75 Å². The van der Waals surface area contributed by atoms with Crippen molar-refractivity contribution in [3.63, 3.8) is 0 Å². The van der Waals surface area contributed by atoms with Crippen molar-refractivity contribution in [2.45, 2.75) is 26.7 Å². The van der Waals surface area contributed by atoms with Crippen LogP contribution in [0.3, 0.4) is 0 Å². The predicted molar refractivity (Wildman–Crippen MR) is 76.5 cm³/mol. The van der Waals surface area contributed by atoms with E-state index >= 15 is 0 Å². The van der Waals surface area contributed by atoms with Gasteiger partial charge < -0.3 is 15.4 Å². The van der Waals surface area contributed by atoms with E-state index in [1.54, 1.807) is 0 Å². The molecule has 0 radical (unpaired) electrons. The van der Waals surface area contributed by atoms with Gasteiger partial charge in [0.1, 0.15) is 5.75 Å². The molecule has 0 aromatic heterocycles. The largest absolute Gasteiger partial charge is 0.482 e. The first kappa shape index (κ1) is 13.9. The van der Waals surface area contributed by atoms with Crippen LogP contribution in [0.1, 0.15) is 25.8 Å². The number of benzene rings is 1. The van der Waals surface area contributed by atoms with E-state index in [9.17, 15) is 4.79 Å². The van der Waals surface area contributed by atoms with Crippen LogP contribution in [0.25, 0.3) is 0 Å². The maximum atomic E-state index is 12.0. The monoisotopic (exact) mass is 262 g/mol. The van der Waals surface area contributed by atoms with Crippen LogP contribution in [-0.4, -0.2) is 25.6 Å². The quantitative estimate of drug-likeness (QED) is 0.882. The normalized spacial score (nSPS) is 14.5. The summed E-state index contributed by atoms with van der Waals surface area (Å²) in [6.07, 6.45) is 1.89. The van der Waals surface area contributed by atoms with Crippen molar-refractivity contribution < 1.29 is 9.53 Å². The van der Waals surface area contributed by atoms with E-state index in [2.05, 4.69) is 26.0 Å². The Morgan fingerprint density at radius 3 is 2.89 bits per heavy atom. The fraction of sp³-hybridized carbons (Fsp3) is 0.533. The van der Waals surface area contributed by atoms with Gasteiger partial charge in [-0.3, -0.25) is 4.79 Å². The molecule has 0 fully saturated rings. The number of hydrogen-bond acceptors (Lipinski definition) is 3. The van der Waals surface area contributed by atoms with Gasteiger partial charge in [0.05, 0.1) is 5.69 Å². The number of carbonyl (C=O) groups excluding carboxylic acids is 1. The van der Waals surface area contributed by atoms with Crippen molar-refractivity contribution in [2.24, 2.45) is 11.7 Å². The summed E-state index contributed by atoms with van der Waals surface area (Å²) in [6, 6.07) is 6.07. The standard InChI is InChI=1S/C15H22N2O2/c1-11(2)9-17-13-8-12(4-3-7-16)5-6-14(13)19-10-15(17)18/h5-6,8,11H,3-4,7,9-10,16H2,1-2H3. The minimum Gasteiger partial charge on any atom is -0.482 e. The molecule has 1 heterocycles. The lowest BCUT2D eigenvalue weighted by atomic mass is 10.1. The van der Waals surface area contributed by atoms with Gasteiger partial charge in [-0.05, 0) is 43.0 Å². The van der Waals surface area contributed by atoms with Crippen LogP contribution in [0.2, 0.25) is 0 Å². The van der Waals surface area contributed by atoms with E-state index in [0.29, 0.717) is 12.5 Å². The number of amides is 1. The topological polar surface area (TPSA) is 55.6 Å². The molecule has 0 aliphatic carbocycles. The molecule has 0 saturated carbocycles. The highest BCUT2D eigenvalue weighted by molar-refractivity contribution is 5.97. The lowest BCUT2D eigenvalue weighted by Crippen LogP contribution is -2.41. The second-order valence-electron chi connectivity index (χ2n) is 5.38. The van der Waals surface area contributed by atoms with Gasteiger partial charge in [0.25, 0.3) is 5.91 Å². The summed E-state index contributed by atoms with van der Waals surface area (Å²) in [5.74, 6) is 1.27. The summed E-state index contributed by atoms with van der Waals surface area (Å²) in [6.45, 7) is 5.78. The molecule has 4 heteroatoms. The van der Waals surface area contributed by atoms with Crippen LogP contribution in [-0.2, 0) is 11.2 Å². The molecule has 0 atom stereocenters. The smallest absolute Gasteiger partial charge is 0.265 e. The van der Waals surface area contributed by atoms with Gasteiger partial charge in [0.2, 0.25) is 0 Å². The maximum Gasteiger partial charge on any atom is 0.265 e. The van der Waals surface area contributed by atoms with E-state index < -0.39 is 0 Å². The Morgan fingerprint density at radius 1 is 1.42 bits per heavy atom. The maximum absolute atomic E-state index is 12.0. The Morgan fingerprint density at radius 2 is 2.21 bits per heavy atom. The van der Waals surface area contributed by atoms with Gasteiger partial charge >= 0.3 is 0 Å². The van der Waals surface area contributed by atoms with Crippen LogP contribution >= 0.6 is 0 Å². The molecule has 1 aliphatic heterocycles. The zero-order valence-corrected chi connectivity index (χ0v) is 11.7. The molecule has 2 N–H and O–H groups in total. The van der Waals surface area contributed by atoms with Gasteiger partial charge in [0.15, 0.2) is 6.61 Å². The van der Waals surface area contributed by atoms with E-state index in [4.69, 9.17) is 10.5 Å². The van der Waals surface area contributed by atoms with Gasteiger partial charge in [-0.1, -0.05) is 19.9 Å². The summed E-state index contributed by atoms with van der Waals surface area (Å²) in [5, 5.41) is 0. The molecule has 1 aromatic rings. The highest BCUT2D eigenvalue weighted by Crippen LogP contribution is 2.33. The molecule has 19 heavy (non-hydrogen) atoms.